The maximum Gasteiger partial charge on any atom is 0.156 e. The molecule has 1 heterocycles. The molecule has 0 bridgehead atoms. The van der Waals surface area contributed by atoms with Crippen molar-refractivity contribution >= 4 is 16.6 Å². The molecule has 21 heavy (non-hydrogen) atoms. The van der Waals surface area contributed by atoms with Gasteiger partial charge < -0.3 is 5.32 Å². The monoisotopic (exact) mass is 285 g/mol. The van der Waals surface area contributed by atoms with Gasteiger partial charge in [-0.1, -0.05) is 30.3 Å². The number of hydrogen-bond donors (Lipinski definition) is 1. The highest BCUT2D eigenvalue weighted by atomic mass is 19.1. The molecule has 0 aliphatic carbocycles. The zero-order chi connectivity index (χ0) is 14.8. The molecule has 0 unspecified atom stereocenters. The van der Waals surface area contributed by atoms with Gasteiger partial charge in [-0.3, -0.25) is 0 Å². The summed E-state index contributed by atoms with van der Waals surface area (Å²) in [5.74, 6) is -0.580. The molecule has 0 aliphatic heterocycles. The summed E-state index contributed by atoms with van der Waals surface area (Å²) in [4.78, 5) is 0. The fourth-order valence-corrected chi connectivity index (χ4v) is 2.21. The van der Waals surface area contributed by atoms with E-state index >= 15 is 0 Å². The molecule has 3 nitrogen and oxygen atoms in total. The zero-order valence-electron chi connectivity index (χ0n) is 11.4. The predicted molar refractivity (Wildman–Crippen MR) is 78.0 cm³/mol. The molecule has 0 saturated heterocycles. The number of halogens is 2. The lowest BCUT2D eigenvalue weighted by atomic mass is 10.1. The van der Waals surface area contributed by atoms with Crippen LogP contribution in [-0.2, 0) is 6.54 Å². The van der Waals surface area contributed by atoms with E-state index in [0.717, 1.165) is 22.5 Å². The summed E-state index contributed by atoms with van der Waals surface area (Å²) in [6.07, 6.45) is 0. The lowest BCUT2D eigenvalue weighted by molar-refractivity contribution is 0.574. The maximum absolute atomic E-state index is 13.6. The molecule has 2 aromatic carbocycles. The molecule has 3 rings (SSSR count). The van der Waals surface area contributed by atoms with Crippen molar-refractivity contribution in [1.29, 1.82) is 0 Å². The standard InChI is InChI=1S/C16H13F2N3/c1-10-13-4-2-3-5-14(13)16(21-20-10)19-9-11-6-7-12(17)8-15(11)18/h2-8H,9H2,1H3,(H,19,21). The second kappa shape index (κ2) is 5.44. The van der Waals surface area contributed by atoms with E-state index in [2.05, 4.69) is 15.5 Å². The van der Waals surface area contributed by atoms with Gasteiger partial charge in [0.05, 0.1) is 5.69 Å². The third-order valence-electron chi connectivity index (χ3n) is 3.33. The zero-order valence-corrected chi connectivity index (χ0v) is 11.4. The molecule has 1 N–H and O–H groups in total. The Labute approximate surface area is 120 Å². The van der Waals surface area contributed by atoms with Crippen LogP contribution in [-0.4, -0.2) is 10.2 Å². The van der Waals surface area contributed by atoms with E-state index in [9.17, 15) is 8.78 Å². The normalized spacial score (nSPS) is 10.8. The van der Waals surface area contributed by atoms with Crippen LogP contribution in [0.1, 0.15) is 11.3 Å². The minimum Gasteiger partial charge on any atom is -0.364 e. The Bertz CT molecular complexity index is 803. The molecule has 3 aromatic rings. The van der Waals surface area contributed by atoms with Gasteiger partial charge >= 0.3 is 0 Å². The second-order valence-electron chi connectivity index (χ2n) is 4.77. The van der Waals surface area contributed by atoms with E-state index in [1.165, 1.54) is 12.1 Å². The van der Waals surface area contributed by atoms with E-state index < -0.39 is 11.6 Å². The molecule has 106 valence electrons. The molecule has 5 heteroatoms. The summed E-state index contributed by atoms with van der Waals surface area (Å²) in [6.45, 7) is 2.10. The Balaban J connectivity index is 1.90. The average Bonchev–Trinajstić information content (AvgIpc) is 2.48. The van der Waals surface area contributed by atoms with Crippen LogP contribution in [0, 0.1) is 18.6 Å². The lowest BCUT2D eigenvalue weighted by Gasteiger charge is -2.10. The topological polar surface area (TPSA) is 37.8 Å². The molecule has 0 aliphatic rings. The Kier molecular flexibility index (Phi) is 3.48. The second-order valence-corrected chi connectivity index (χ2v) is 4.77. The fourth-order valence-electron chi connectivity index (χ4n) is 2.21. The van der Waals surface area contributed by atoms with Gasteiger partial charge in [0.2, 0.25) is 0 Å². The predicted octanol–water partition coefficient (Wildman–Crippen LogP) is 3.83. The van der Waals surface area contributed by atoms with Gasteiger partial charge in [-0.15, -0.1) is 5.10 Å². The van der Waals surface area contributed by atoms with Crippen LogP contribution in [0.3, 0.4) is 0 Å². The van der Waals surface area contributed by atoms with Gasteiger partial charge in [0.25, 0.3) is 0 Å². The van der Waals surface area contributed by atoms with Gasteiger partial charge in [0.1, 0.15) is 11.6 Å². The first kappa shape index (κ1) is 13.4. The first-order valence-corrected chi connectivity index (χ1v) is 6.55. The summed E-state index contributed by atoms with van der Waals surface area (Å²) in [6, 6.07) is 11.3. The van der Waals surface area contributed by atoms with Gasteiger partial charge in [-0.2, -0.15) is 5.10 Å². The van der Waals surface area contributed by atoms with Crippen LogP contribution in [0.5, 0.6) is 0 Å². The Morgan fingerprint density at radius 1 is 1.00 bits per heavy atom. The van der Waals surface area contributed by atoms with Gasteiger partial charge in [-0.25, -0.2) is 8.78 Å². The number of aromatic nitrogens is 2. The molecular formula is C16H13F2N3. The minimum absolute atomic E-state index is 0.216. The van der Waals surface area contributed by atoms with Crippen molar-refractivity contribution in [3.05, 3.63) is 65.4 Å². The van der Waals surface area contributed by atoms with Crippen LogP contribution in [0.25, 0.3) is 10.8 Å². The summed E-state index contributed by atoms with van der Waals surface area (Å²) in [5.41, 5.74) is 1.21. The van der Waals surface area contributed by atoms with Crippen molar-refractivity contribution in [2.24, 2.45) is 0 Å². The number of anilines is 1. The molecule has 0 amide bonds. The summed E-state index contributed by atoms with van der Waals surface area (Å²) in [5, 5.41) is 13.2. The fraction of sp³-hybridized carbons (Fsp3) is 0.125. The first-order valence-electron chi connectivity index (χ1n) is 6.55. The highest BCUT2D eigenvalue weighted by Crippen LogP contribution is 2.23. The van der Waals surface area contributed by atoms with Crippen molar-refractivity contribution in [1.82, 2.24) is 10.2 Å². The van der Waals surface area contributed by atoms with Crippen LogP contribution in [0.15, 0.2) is 42.5 Å². The number of fused-ring (bicyclic) bond motifs is 1. The minimum atomic E-state index is -0.586. The Morgan fingerprint density at radius 3 is 2.52 bits per heavy atom. The number of nitrogens with one attached hydrogen (secondary N) is 1. The van der Waals surface area contributed by atoms with Crippen LogP contribution >= 0.6 is 0 Å². The van der Waals surface area contributed by atoms with Gasteiger partial charge in [-0.05, 0) is 13.0 Å². The van der Waals surface area contributed by atoms with Crippen molar-refractivity contribution in [3.63, 3.8) is 0 Å². The van der Waals surface area contributed by atoms with E-state index in [1.807, 2.05) is 31.2 Å². The quantitative estimate of drug-likeness (QED) is 0.794. The van der Waals surface area contributed by atoms with Crippen LogP contribution < -0.4 is 5.32 Å². The van der Waals surface area contributed by atoms with Crippen molar-refractivity contribution < 1.29 is 8.78 Å². The SMILES string of the molecule is Cc1nnc(NCc2ccc(F)cc2F)c2ccccc12. The number of benzene rings is 2. The molecular weight excluding hydrogens is 272 g/mol. The van der Waals surface area contributed by atoms with Crippen molar-refractivity contribution in [2.75, 3.05) is 5.32 Å². The average molecular weight is 285 g/mol. The van der Waals surface area contributed by atoms with Crippen molar-refractivity contribution in [2.45, 2.75) is 13.5 Å². The van der Waals surface area contributed by atoms with E-state index in [4.69, 9.17) is 0 Å². The molecule has 0 fully saturated rings. The largest absolute Gasteiger partial charge is 0.364 e. The molecule has 0 saturated carbocycles. The third-order valence-corrected chi connectivity index (χ3v) is 3.33. The Morgan fingerprint density at radius 2 is 1.76 bits per heavy atom. The summed E-state index contributed by atoms with van der Waals surface area (Å²) in [7, 11) is 0. The van der Waals surface area contributed by atoms with Crippen LogP contribution in [0.2, 0.25) is 0 Å². The van der Waals surface area contributed by atoms with Crippen LogP contribution in [0.4, 0.5) is 14.6 Å². The maximum atomic E-state index is 13.6. The number of rotatable bonds is 3. The number of nitrogens with zero attached hydrogens (tertiary/aromatic N) is 2. The third kappa shape index (κ3) is 2.67. The highest BCUT2D eigenvalue weighted by molar-refractivity contribution is 5.92. The van der Waals surface area contributed by atoms with E-state index in [0.29, 0.717) is 11.4 Å². The molecule has 1 aromatic heterocycles. The summed E-state index contributed by atoms with van der Waals surface area (Å²) < 4.78 is 26.5. The number of hydrogen-bond acceptors (Lipinski definition) is 3. The first-order chi connectivity index (χ1) is 10.1. The molecule has 0 spiro atoms. The van der Waals surface area contributed by atoms with Crippen molar-refractivity contribution in [3.8, 4) is 0 Å². The molecule has 0 radical (unpaired) electrons. The molecule has 0 atom stereocenters. The van der Waals surface area contributed by atoms with Gasteiger partial charge in [0.15, 0.2) is 5.82 Å². The summed E-state index contributed by atoms with van der Waals surface area (Å²) >= 11 is 0. The lowest BCUT2D eigenvalue weighted by Crippen LogP contribution is -2.05. The van der Waals surface area contributed by atoms with E-state index in [1.54, 1.807) is 0 Å². The highest BCUT2D eigenvalue weighted by Gasteiger charge is 2.08. The van der Waals surface area contributed by atoms with Gasteiger partial charge in [0, 0.05) is 28.9 Å². The number of aryl methyl sites for hydroxylation is 1. The Hall–Kier alpha value is -2.56. The smallest absolute Gasteiger partial charge is 0.156 e. The van der Waals surface area contributed by atoms with E-state index in [-0.39, 0.29) is 6.54 Å².